The van der Waals surface area contributed by atoms with Gasteiger partial charge in [-0.2, -0.15) is 0 Å². The number of benzene rings is 2. The molecule has 4 nitrogen and oxygen atoms in total. The number of rotatable bonds is 5. The fourth-order valence-corrected chi connectivity index (χ4v) is 3.21. The molecule has 3 rings (SSSR count). The standard InChI is InChI=1S/C19H19ClF2N2O2.ClH/c20-16-4-2-1-3-14(16)19(15-9-12(21)5-6-17(15)22)24-18(25)10-13-11-26-8-7-23-13;/h1-6,9,13,19,23H,7-8,10-11H2,(H,24,25);1H. The Hall–Kier alpha value is -1.73. The number of nitrogens with one attached hydrogen (secondary N) is 2. The lowest BCUT2D eigenvalue weighted by atomic mass is 9.97. The van der Waals surface area contributed by atoms with E-state index >= 15 is 0 Å². The number of carbonyl (C=O) groups excluding carboxylic acids is 1. The molecule has 1 fully saturated rings. The van der Waals surface area contributed by atoms with Crippen molar-refractivity contribution in [3.63, 3.8) is 0 Å². The van der Waals surface area contributed by atoms with E-state index in [2.05, 4.69) is 10.6 Å². The van der Waals surface area contributed by atoms with Crippen LogP contribution in [0, 0.1) is 11.6 Å². The summed E-state index contributed by atoms with van der Waals surface area (Å²) in [5.41, 5.74) is 0.527. The lowest BCUT2D eigenvalue weighted by Gasteiger charge is -2.26. The molecule has 2 atom stereocenters. The van der Waals surface area contributed by atoms with Crippen molar-refractivity contribution in [2.24, 2.45) is 0 Å². The molecule has 1 aliphatic heterocycles. The molecule has 27 heavy (non-hydrogen) atoms. The van der Waals surface area contributed by atoms with Crippen LogP contribution < -0.4 is 10.6 Å². The largest absolute Gasteiger partial charge is 0.378 e. The van der Waals surface area contributed by atoms with Crippen molar-refractivity contribution >= 4 is 29.9 Å². The smallest absolute Gasteiger partial charge is 0.222 e. The first-order valence-electron chi connectivity index (χ1n) is 8.34. The van der Waals surface area contributed by atoms with Gasteiger partial charge >= 0.3 is 0 Å². The SMILES string of the molecule is Cl.O=C(CC1COCCN1)NC(c1cc(F)ccc1F)c1ccccc1Cl. The zero-order valence-electron chi connectivity index (χ0n) is 14.4. The van der Waals surface area contributed by atoms with Crippen LogP contribution in [0.1, 0.15) is 23.6 Å². The van der Waals surface area contributed by atoms with Gasteiger partial charge in [0.1, 0.15) is 11.6 Å². The number of hydrogen-bond acceptors (Lipinski definition) is 3. The Morgan fingerprint density at radius 1 is 1.26 bits per heavy atom. The van der Waals surface area contributed by atoms with Crippen molar-refractivity contribution in [1.82, 2.24) is 10.6 Å². The third kappa shape index (κ3) is 5.62. The van der Waals surface area contributed by atoms with Crippen molar-refractivity contribution in [3.05, 3.63) is 70.2 Å². The Labute approximate surface area is 167 Å². The quantitative estimate of drug-likeness (QED) is 0.782. The molecule has 1 saturated heterocycles. The zero-order chi connectivity index (χ0) is 18.5. The van der Waals surface area contributed by atoms with Gasteiger partial charge in [-0.05, 0) is 29.8 Å². The molecule has 146 valence electrons. The highest BCUT2D eigenvalue weighted by Gasteiger charge is 2.25. The van der Waals surface area contributed by atoms with Gasteiger partial charge in [0.15, 0.2) is 0 Å². The molecule has 2 N–H and O–H groups in total. The van der Waals surface area contributed by atoms with Gasteiger partial charge in [-0.1, -0.05) is 29.8 Å². The molecule has 0 radical (unpaired) electrons. The van der Waals surface area contributed by atoms with Gasteiger partial charge in [-0.15, -0.1) is 12.4 Å². The maximum atomic E-state index is 14.4. The molecule has 8 heteroatoms. The average Bonchev–Trinajstić information content (AvgIpc) is 2.63. The van der Waals surface area contributed by atoms with Crippen molar-refractivity contribution in [3.8, 4) is 0 Å². The van der Waals surface area contributed by atoms with Crippen LogP contribution >= 0.6 is 24.0 Å². The second-order valence-electron chi connectivity index (χ2n) is 6.12. The zero-order valence-corrected chi connectivity index (χ0v) is 16.0. The van der Waals surface area contributed by atoms with E-state index in [9.17, 15) is 13.6 Å². The van der Waals surface area contributed by atoms with E-state index in [1.807, 2.05) is 0 Å². The molecule has 2 aromatic carbocycles. The highest BCUT2D eigenvalue weighted by atomic mass is 35.5. The van der Waals surface area contributed by atoms with Crippen molar-refractivity contribution in [2.45, 2.75) is 18.5 Å². The molecule has 1 amide bonds. The highest BCUT2D eigenvalue weighted by Crippen LogP contribution is 2.30. The second-order valence-corrected chi connectivity index (χ2v) is 6.53. The van der Waals surface area contributed by atoms with Gasteiger partial charge in [0, 0.05) is 29.6 Å². The molecule has 2 aromatic rings. The fourth-order valence-electron chi connectivity index (χ4n) is 2.96. The lowest BCUT2D eigenvalue weighted by Crippen LogP contribution is -2.44. The lowest BCUT2D eigenvalue weighted by molar-refractivity contribution is -0.122. The maximum Gasteiger partial charge on any atom is 0.222 e. The first-order chi connectivity index (χ1) is 12.5. The predicted molar refractivity (Wildman–Crippen MR) is 102 cm³/mol. The van der Waals surface area contributed by atoms with Crippen LogP contribution in [-0.2, 0) is 9.53 Å². The monoisotopic (exact) mass is 416 g/mol. The number of morpholine rings is 1. The minimum atomic E-state index is -0.892. The summed E-state index contributed by atoms with van der Waals surface area (Å²) in [4.78, 5) is 12.5. The number of ether oxygens (including phenoxy) is 1. The van der Waals surface area contributed by atoms with Gasteiger partial charge in [-0.25, -0.2) is 8.78 Å². The van der Waals surface area contributed by atoms with Crippen LogP contribution in [0.15, 0.2) is 42.5 Å². The van der Waals surface area contributed by atoms with Crippen LogP contribution in [0.5, 0.6) is 0 Å². The van der Waals surface area contributed by atoms with E-state index in [1.165, 1.54) is 0 Å². The van der Waals surface area contributed by atoms with Crippen molar-refractivity contribution < 1.29 is 18.3 Å². The number of hydrogen-bond donors (Lipinski definition) is 2. The van der Waals surface area contributed by atoms with Crippen LogP contribution in [0.2, 0.25) is 5.02 Å². The third-order valence-corrected chi connectivity index (χ3v) is 4.57. The molecule has 0 aliphatic carbocycles. The summed E-state index contributed by atoms with van der Waals surface area (Å²) in [5.74, 6) is -1.51. The summed E-state index contributed by atoms with van der Waals surface area (Å²) in [6.07, 6.45) is 0.165. The predicted octanol–water partition coefficient (Wildman–Crippen LogP) is 3.62. The summed E-state index contributed by atoms with van der Waals surface area (Å²) in [6, 6.07) is 8.92. The van der Waals surface area contributed by atoms with Gasteiger partial charge < -0.3 is 15.4 Å². The molecular weight excluding hydrogens is 397 g/mol. The molecular formula is C19H20Cl2F2N2O2. The van der Waals surface area contributed by atoms with Crippen LogP contribution in [0.3, 0.4) is 0 Å². The Morgan fingerprint density at radius 3 is 2.74 bits per heavy atom. The summed E-state index contributed by atoms with van der Waals surface area (Å²) in [6.45, 7) is 1.71. The molecule has 0 spiro atoms. The van der Waals surface area contributed by atoms with E-state index in [1.54, 1.807) is 24.3 Å². The maximum absolute atomic E-state index is 14.4. The first-order valence-corrected chi connectivity index (χ1v) is 8.72. The van der Waals surface area contributed by atoms with E-state index < -0.39 is 17.7 Å². The molecule has 0 bridgehead atoms. The fraction of sp³-hybridized carbons (Fsp3) is 0.316. The number of halogens is 4. The van der Waals surface area contributed by atoms with Gasteiger partial charge in [0.25, 0.3) is 0 Å². The normalized spacial score (nSPS) is 17.7. The average molecular weight is 417 g/mol. The minimum absolute atomic E-state index is 0. The molecule has 1 heterocycles. The molecule has 1 aliphatic rings. The second kappa shape index (κ2) is 9.99. The van der Waals surface area contributed by atoms with Gasteiger partial charge in [-0.3, -0.25) is 4.79 Å². The van der Waals surface area contributed by atoms with Gasteiger partial charge in [0.05, 0.1) is 19.3 Å². The van der Waals surface area contributed by atoms with Crippen molar-refractivity contribution in [1.29, 1.82) is 0 Å². The summed E-state index contributed by atoms with van der Waals surface area (Å²) >= 11 is 6.24. The van der Waals surface area contributed by atoms with Gasteiger partial charge in [0.2, 0.25) is 5.91 Å². The van der Waals surface area contributed by atoms with Crippen LogP contribution in [0.25, 0.3) is 0 Å². The first kappa shape index (κ1) is 21.6. The van der Waals surface area contributed by atoms with E-state index in [0.717, 1.165) is 18.2 Å². The topological polar surface area (TPSA) is 50.4 Å². The molecule has 0 saturated carbocycles. The number of carbonyl (C=O) groups is 1. The van der Waals surface area contributed by atoms with Crippen LogP contribution in [0.4, 0.5) is 8.78 Å². The summed E-state index contributed by atoms with van der Waals surface area (Å²) < 4.78 is 33.4. The summed E-state index contributed by atoms with van der Waals surface area (Å²) in [7, 11) is 0. The Balaban J connectivity index is 0.00000261. The Kier molecular flexibility index (Phi) is 7.98. The Bertz CT molecular complexity index is 786. The number of amides is 1. The van der Waals surface area contributed by atoms with E-state index in [0.29, 0.717) is 30.3 Å². The highest BCUT2D eigenvalue weighted by molar-refractivity contribution is 6.31. The molecule has 2 unspecified atom stereocenters. The third-order valence-electron chi connectivity index (χ3n) is 4.22. The summed E-state index contributed by atoms with van der Waals surface area (Å²) in [5, 5.41) is 6.33. The minimum Gasteiger partial charge on any atom is -0.378 e. The van der Waals surface area contributed by atoms with E-state index in [4.69, 9.17) is 16.3 Å². The van der Waals surface area contributed by atoms with E-state index in [-0.39, 0.29) is 36.3 Å². The molecule has 0 aromatic heterocycles. The van der Waals surface area contributed by atoms with Crippen LogP contribution in [-0.4, -0.2) is 31.7 Å². The Morgan fingerprint density at radius 2 is 2.04 bits per heavy atom. The van der Waals surface area contributed by atoms with Crippen molar-refractivity contribution in [2.75, 3.05) is 19.8 Å².